The maximum absolute atomic E-state index is 13.0. The topological polar surface area (TPSA) is 115 Å². The number of hydrogen-bond acceptors (Lipinski definition) is 5. The zero-order valence-corrected chi connectivity index (χ0v) is 17.8. The molecule has 9 nitrogen and oxygen atoms in total. The average Bonchev–Trinajstić information content (AvgIpc) is 3.12. The number of fused-ring (bicyclic) bond motifs is 1. The number of carbonyl (C=O) groups excluding carboxylic acids is 2. The van der Waals surface area contributed by atoms with Gasteiger partial charge in [-0.05, 0) is 12.1 Å². The van der Waals surface area contributed by atoms with Crippen molar-refractivity contribution in [1.29, 1.82) is 0 Å². The first-order valence-corrected chi connectivity index (χ1v) is 11.0. The van der Waals surface area contributed by atoms with Crippen LogP contribution in [0.2, 0.25) is 0 Å². The van der Waals surface area contributed by atoms with Crippen molar-refractivity contribution in [2.45, 2.75) is 32.1 Å². The van der Waals surface area contributed by atoms with Gasteiger partial charge in [0.05, 0.1) is 0 Å². The number of hydrogen-bond donors (Lipinski definition) is 2. The van der Waals surface area contributed by atoms with Gasteiger partial charge in [-0.25, -0.2) is 13.4 Å². The van der Waals surface area contributed by atoms with Crippen molar-refractivity contribution < 1.29 is 18.0 Å². The molecule has 1 aliphatic heterocycles. The van der Waals surface area contributed by atoms with Crippen LogP contribution < -0.4 is 5.32 Å². The fraction of sp³-hybridized carbons (Fsp3) is 0.526. The molecule has 0 radical (unpaired) electrons. The number of pyridine rings is 1. The summed E-state index contributed by atoms with van der Waals surface area (Å²) in [6.07, 6.45) is 3.26. The van der Waals surface area contributed by atoms with Gasteiger partial charge in [0, 0.05) is 62.3 Å². The number of H-pyrrole nitrogens is 1. The van der Waals surface area contributed by atoms with Crippen molar-refractivity contribution in [3.8, 4) is 0 Å². The van der Waals surface area contributed by atoms with Crippen LogP contribution in [0.5, 0.6) is 0 Å². The Hall–Kier alpha value is -2.46. The molecule has 0 unspecified atom stereocenters. The van der Waals surface area contributed by atoms with E-state index in [1.807, 2.05) is 20.8 Å². The van der Waals surface area contributed by atoms with Crippen molar-refractivity contribution >= 4 is 32.9 Å². The number of aromatic amines is 1. The number of rotatable bonds is 5. The Bertz CT molecular complexity index is 1000. The van der Waals surface area contributed by atoms with Gasteiger partial charge in [0.2, 0.25) is 21.8 Å². The van der Waals surface area contributed by atoms with Gasteiger partial charge in [0.1, 0.15) is 10.5 Å². The highest BCUT2D eigenvalue weighted by Crippen LogP contribution is 2.25. The fourth-order valence-electron chi connectivity index (χ4n) is 3.17. The third-order valence-corrected chi connectivity index (χ3v) is 6.87. The summed E-state index contributed by atoms with van der Waals surface area (Å²) in [5.41, 5.74) is 0.0261. The van der Waals surface area contributed by atoms with Gasteiger partial charge < -0.3 is 15.2 Å². The fourth-order valence-corrected chi connectivity index (χ4v) is 4.74. The third kappa shape index (κ3) is 4.59. The number of piperazine rings is 1. The van der Waals surface area contributed by atoms with Gasteiger partial charge in [-0.15, -0.1) is 0 Å². The summed E-state index contributed by atoms with van der Waals surface area (Å²) in [6, 6.07) is 3.42. The second-order valence-corrected chi connectivity index (χ2v) is 10.00. The van der Waals surface area contributed by atoms with E-state index in [1.165, 1.54) is 10.5 Å². The van der Waals surface area contributed by atoms with E-state index in [0.29, 0.717) is 24.1 Å². The highest BCUT2D eigenvalue weighted by molar-refractivity contribution is 7.89. The van der Waals surface area contributed by atoms with E-state index in [2.05, 4.69) is 15.3 Å². The molecule has 0 aliphatic carbocycles. The first-order valence-electron chi connectivity index (χ1n) is 9.59. The van der Waals surface area contributed by atoms with Gasteiger partial charge in [0.15, 0.2) is 0 Å². The van der Waals surface area contributed by atoms with Crippen LogP contribution in [0.1, 0.15) is 27.2 Å². The van der Waals surface area contributed by atoms with Crippen LogP contribution in [0.15, 0.2) is 29.4 Å². The molecule has 2 amide bonds. The van der Waals surface area contributed by atoms with Crippen molar-refractivity contribution in [2.75, 3.05) is 32.7 Å². The quantitative estimate of drug-likeness (QED) is 0.746. The molecule has 0 bridgehead atoms. The molecular weight excluding hydrogens is 394 g/mol. The summed E-state index contributed by atoms with van der Waals surface area (Å²) in [6.45, 7) is 6.83. The van der Waals surface area contributed by atoms with Gasteiger partial charge in [0.25, 0.3) is 0 Å². The van der Waals surface area contributed by atoms with E-state index in [-0.39, 0.29) is 42.8 Å². The summed E-state index contributed by atoms with van der Waals surface area (Å²) < 4.78 is 27.4. The maximum Gasteiger partial charge on any atom is 0.245 e. The molecule has 3 rings (SSSR count). The monoisotopic (exact) mass is 421 g/mol. The van der Waals surface area contributed by atoms with Crippen LogP contribution in [-0.4, -0.2) is 72.1 Å². The van der Waals surface area contributed by atoms with E-state index < -0.39 is 15.4 Å². The Balaban J connectivity index is 1.56. The van der Waals surface area contributed by atoms with Crippen LogP contribution in [0.4, 0.5) is 0 Å². The lowest BCUT2D eigenvalue weighted by Crippen LogP contribution is -2.51. The molecule has 2 aromatic heterocycles. The molecule has 10 heteroatoms. The Morgan fingerprint density at radius 3 is 2.55 bits per heavy atom. The third-order valence-electron chi connectivity index (χ3n) is 4.93. The van der Waals surface area contributed by atoms with E-state index in [0.717, 1.165) is 0 Å². The Labute approximate surface area is 170 Å². The van der Waals surface area contributed by atoms with Crippen LogP contribution in [-0.2, 0) is 19.6 Å². The van der Waals surface area contributed by atoms with E-state index >= 15 is 0 Å². The molecule has 0 aromatic carbocycles. The predicted molar refractivity (Wildman–Crippen MR) is 109 cm³/mol. The molecule has 0 spiro atoms. The Morgan fingerprint density at radius 2 is 1.90 bits per heavy atom. The highest BCUT2D eigenvalue weighted by Gasteiger charge is 2.32. The summed E-state index contributed by atoms with van der Waals surface area (Å²) in [4.78, 5) is 33.1. The molecule has 1 fully saturated rings. The van der Waals surface area contributed by atoms with E-state index in [4.69, 9.17) is 0 Å². The second-order valence-electron chi connectivity index (χ2n) is 8.09. The number of aromatic nitrogens is 2. The number of nitrogens with one attached hydrogen (secondary N) is 2. The Kier molecular flexibility index (Phi) is 5.95. The lowest BCUT2D eigenvalue weighted by molar-refractivity contribution is -0.132. The highest BCUT2D eigenvalue weighted by atomic mass is 32.2. The molecular formula is C19H27N5O4S. The standard InChI is InChI=1S/C19H27N5O4S/c1-19(2,3)18(26)21-8-6-16(25)23-9-11-24(12-10-23)29(27,28)15-13-22-17-14(15)5-4-7-20-17/h4-5,7,13H,6,8-12H2,1-3H3,(H,20,22)(H,21,26). The van der Waals surface area contributed by atoms with Crippen LogP contribution in [0, 0.1) is 5.41 Å². The smallest absolute Gasteiger partial charge is 0.245 e. The lowest BCUT2D eigenvalue weighted by atomic mass is 9.96. The Morgan fingerprint density at radius 1 is 1.21 bits per heavy atom. The van der Waals surface area contributed by atoms with Crippen molar-refractivity contribution in [3.63, 3.8) is 0 Å². The molecule has 1 aliphatic rings. The van der Waals surface area contributed by atoms with Gasteiger partial charge >= 0.3 is 0 Å². The van der Waals surface area contributed by atoms with E-state index in [9.17, 15) is 18.0 Å². The number of sulfonamides is 1. The van der Waals surface area contributed by atoms with Crippen molar-refractivity contribution in [2.24, 2.45) is 5.41 Å². The number of carbonyl (C=O) groups is 2. The number of amides is 2. The van der Waals surface area contributed by atoms with Gasteiger partial charge in [-0.1, -0.05) is 20.8 Å². The summed E-state index contributed by atoms with van der Waals surface area (Å²) >= 11 is 0. The van der Waals surface area contributed by atoms with E-state index in [1.54, 1.807) is 23.2 Å². The molecule has 1 saturated heterocycles. The van der Waals surface area contributed by atoms with Crippen LogP contribution in [0.3, 0.4) is 0 Å². The normalized spacial score (nSPS) is 16.2. The average molecular weight is 422 g/mol. The van der Waals surface area contributed by atoms with Crippen molar-refractivity contribution in [3.05, 3.63) is 24.5 Å². The molecule has 29 heavy (non-hydrogen) atoms. The van der Waals surface area contributed by atoms with Gasteiger partial charge in [-0.2, -0.15) is 4.31 Å². The second kappa shape index (κ2) is 8.11. The molecule has 3 heterocycles. The summed E-state index contributed by atoms with van der Waals surface area (Å²) in [5, 5.41) is 3.32. The largest absolute Gasteiger partial charge is 0.355 e. The van der Waals surface area contributed by atoms with Crippen LogP contribution >= 0.6 is 0 Å². The summed E-state index contributed by atoms with van der Waals surface area (Å²) in [5.74, 6) is -0.193. The predicted octanol–water partition coefficient (Wildman–Crippen LogP) is 0.948. The molecule has 2 N–H and O–H groups in total. The number of nitrogens with zero attached hydrogens (tertiary/aromatic N) is 3. The minimum atomic E-state index is -3.67. The van der Waals surface area contributed by atoms with Gasteiger partial charge in [-0.3, -0.25) is 9.59 Å². The molecule has 158 valence electrons. The molecule has 0 saturated carbocycles. The van der Waals surface area contributed by atoms with Crippen LogP contribution in [0.25, 0.3) is 11.0 Å². The molecule has 0 atom stereocenters. The zero-order valence-electron chi connectivity index (χ0n) is 16.9. The molecule has 2 aromatic rings. The minimum Gasteiger partial charge on any atom is -0.355 e. The zero-order chi connectivity index (χ0) is 21.2. The lowest BCUT2D eigenvalue weighted by Gasteiger charge is -2.34. The SMILES string of the molecule is CC(C)(C)C(=O)NCCC(=O)N1CCN(S(=O)(=O)c2c[nH]c3ncccc23)CC1. The van der Waals surface area contributed by atoms with Crippen molar-refractivity contribution in [1.82, 2.24) is 24.5 Å². The maximum atomic E-state index is 13.0. The first-order chi connectivity index (χ1) is 13.6. The first kappa shape index (κ1) is 21.3. The summed E-state index contributed by atoms with van der Waals surface area (Å²) in [7, 11) is -3.67. The minimum absolute atomic E-state index is 0.0902.